The van der Waals surface area contributed by atoms with Crippen molar-refractivity contribution in [2.75, 3.05) is 48.1 Å². The number of nitrogens with one attached hydrogen (secondary N) is 4. The lowest BCUT2D eigenvalue weighted by Gasteiger charge is -2.33. The zero-order valence-corrected chi connectivity index (χ0v) is 19.1. The van der Waals surface area contributed by atoms with Gasteiger partial charge in [-0.1, -0.05) is 13.3 Å². The van der Waals surface area contributed by atoms with Gasteiger partial charge >= 0.3 is 11.8 Å². The summed E-state index contributed by atoms with van der Waals surface area (Å²) in [4.78, 5) is 48.6. The summed E-state index contributed by atoms with van der Waals surface area (Å²) in [5.74, 6) is -1.27. The number of anilines is 3. The topological polar surface area (TPSA) is 169 Å². The number of rotatable bonds is 7. The number of aromatic nitrogens is 3. The zero-order chi connectivity index (χ0) is 24.0. The first-order valence-corrected chi connectivity index (χ1v) is 12.1. The van der Waals surface area contributed by atoms with Crippen LogP contribution in [0.25, 0.3) is 0 Å². The number of hydrogen-bond acceptors (Lipinski definition) is 9. The van der Waals surface area contributed by atoms with Crippen LogP contribution in [0.4, 0.5) is 17.5 Å². The Labute approximate surface area is 190 Å². The molecule has 0 saturated carbocycles. The molecule has 3 heterocycles. The second-order valence-corrected chi connectivity index (χ2v) is 9.41. The number of aromatic amines is 1. The maximum absolute atomic E-state index is 12.1. The van der Waals surface area contributed by atoms with E-state index in [2.05, 4.69) is 31.1 Å². The molecule has 2 amide bonds. The molecule has 2 aromatic heterocycles. The number of H-pyrrole nitrogens is 1. The molecule has 0 bridgehead atoms. The standard InChI is InChI=1S/C19H26N8O5S/c1-3-4-13-11-16(28)23-19(22-13)25-24-18(30)17(29)21-14-5-6-15(20-12-14)26-7-9-27(10-8-26)33(2,31)32/h5-6,11-12H,3-4,7-10H2,1-2H3,(H,21,29)(H,24,30)(H2,22,23,25,28). The van der Waals surface area contributed by atoms with Crippen molar-refractivity contribution in [1.29, 1.82) is 0 Å². The van der Waals surface area contributed by atoms with Crippen LogP contribution in [0.5, 0.6) is 0 Å². The Morgan fingerprint density at radius 2 is 1.88 bits per heavy atom. The van der Waals surface area contributed by atoms with Gasteiger partial charge in [-0.25, -0.2) is 18.4 Å². The molecule has 0 atom stereocenters. The number of carbonyl (C=O) groups excluding carboxylic acids is 2. The fraction of sp³-hybridized carbons (Fsp3) is 0.421. The van der Waals surface area contributed by atoms with Crippen LogP contribution in [-0.2, 0) is 26.0 Å². The highest BCUT2D eigenvalue weighted by molar-refractivity contribution is 7.88. The highest BCUT2D eigenvalue weighted by Crippen LogP contribution is 2.17. The van der Waals surface area contributed by atoms with Crippen LogP contribution in [0.3, 0.4) is 0 Å². The Kier molecular flexibility index (Phi) is 7.60. The van der Waals surface area contributed by atoms with Crippen LogP contribution in [0.2, 0.25) is 0 Å². The molecule has 3 rings (SSSR count). The Bertz CT molecular complexity index is 1160. The predicted molar refractivity (Wildman–Crippen MR) is 122 cm³/mol. The van der Waals surface area contributed by atoms with Gasteiger partial charge in [-0.15, -0.1) is 0 Å². The number of amides is 2. The van der Waals surface area contributed by atoms with Crippen LogP contribution in [0.15, 0.2) is 29.2 Å². The first-order chi connectivity index (χ1) is 15.7. The van der Waals surface area contributed by atoms with Crippen molar-refractivity contribution in [2.24, 2.45) is 0 Å². The van der Waals surface area contributed by atoms with Gasteiger partial charge in [0.25, 0.3) is 5.56 Å². The molecule has 13 nitrogen and oxygen atoms in total. The Morgan fingerprint density at radius 1 is 1.15 bits per heavy atom. The van der Waals surface area contributed by atoms with Crippen molar-refractivity contribution in [3.8, 4) is 0 Å². The van der Waals surface area contributed by atoms with E-state index in [9.17, 15) is 22.8 Å². The maximum atomic E-state index is 12.1. The number of carbonyl (C=O) groups is 2. The Hall–Kier alpha value is -3.52. The van der Waals surface area contributed by atoms with E-state index in [0.29, 0.717) is 49.8 Å². The van der Waals surface area contributed by atoms with Crippen molar-refractivity contribution in [1.82, 2.24) is 24.7 Å². The molecular formula is C19H26N8O5S. The lowest BCUT2D eigenvalue weighted by atomic mass is 10.2. The van der Waals surface area contributed by atoms with Gasteiger partial charge in [-0.2, -0.15) is 4.31 Å². The van der Waals surface area contributed by atoms with Gasteiger partial charge in [0, 0.05) is 37.9 Å². The van der Waals surface area contributed by atoms with Crippen molar-refractivity contribution < 1.29 is 18.0 Å². The number of hydrazine groups is 1. The smallest absolute Gasteiger partial charge is 0.328 e. The minimum absolute atomic E-state index is 0.0223. The number of aryl methyl sites for hydroxylation is 1. The summed E-state index contributed by atoms with van der Waals surface area (Å²) in [6.45, 7) is 3.68. The van der Waals surface area contributed by atoms with Gasteiger partial charge in [-0.05, 0) is 18.6 Å². The van der Waals surface area contributed by atoms with Gasteiger partial charge < -0.3 is 10.2 Å². The predicted octanol–water partition coefficient (Wildman–Crippen LogP) is -0.719. The minimum Gasteiger partial charge on any atom is -0.354 e. The number of pyridine rings is 1. The lowest BCUT2D eigenvalue weighted by Crippen LogP contribution is -2.48. The number of nitrogens with zero attached hydrogens (tertiary/aromatic N) is 4. The molecule has 178 valence electrons. The van der Waals surface area contributed by atoms with Crippen LogP contribution in [0.1, 0.15) is 19.0 Å². The number of piperazine rings is 1. The molecule has 2 aromatic rings. The third kappa shape index (κ3) is 6.73. The van der Waals surface area contributed by atoms with E-state index in [1.54, 1.807) is 12.1 Å². The van der Waals surface area contributed by atoms with Crippen molar-refractivity contribution >= 4 is 39.3 Å². The summed E-state index contributed by atoms with van der Waals surface area (Å²) >= 11 is 0. The van der Waals surface area contributed by atoms with Gasteiger partial charge in [0.05, 0.1) is 18.1 Å². The first kappa shape index (κ1) is 24.1. The molecule has 1 aliphatic rings. The Balaban J connectivity index is 1.51. The van der Waals surface area contributed by atoms with Crippen molar-refractivity contribution in [3.05, 3.63) is 40.4 Å². The fourth-order valence-electron chi connectivity index (χ4n) is 3.21. The van der Waals surface area contributed by atoms with Crippen LogP contribution in [-0.4, -0.2) is 71.9 Å². The average molecular weight is 479 g/mol. The Morgan fingerprint density at radius 3 is 2.48 bits per heavy atom. The summed E-state index contributed by atoms with van der Waals surface area (Å²) in [7, 11) is -3.22. The third-order valence-corrected chi connectivity index (χ3v) is 6.14. The summed E-state index contributed by atoms with van der Waals surface area (Å²) in [5, 5.41) is 2.43. The van der Waals surface area contributed by atoms with Crippen molar-refractivity contribution in [2.45, 2.75) is 19.8 Å². The molecule has 0 spiro atoms. The fourth-order valence-corrected chi connectivity index (χ4v) is 4.03. The molecule has 0 aliphatic carbocycles. The highest BCUT2D eigenvalue weighted by atomic mass is 32.2. The van der Waals surface area contributed by atoms with Crippen LogP contribution >= 0.6 is 0 Å². The molecule has 33 heavy (non-hydrogen) atoms. The third-order valence-electron chi connectivity index (χ3n) is 4.84. The SMILES string of the molecule is CCCc1cc(=O)[nH]c(NNC(=O)C(=O)Nc2ccc(N3CCN(S(C)(=O)=O)CC3)nc2)n1. The molecular weight excluding hydrogens is 452 g/mol. The molecule has 0 unspecified atom stereocenters. The molecule has 1 aliphatic heterocycles. The summed E-state index contributed by atoms with van der Waals surface area (Å²) in [6.07, 6.45) is 3.99. The van der Waals surface area contributed by atoms with Crippen LogP contribution < -0.4 is 26.6 Å². The lowest BCUT2D eigenvalue weighted by molar-refractivity contribution is -0.135. The van der Waals surface area contributed by atoms with E-state index in [-0.39, 0.29) is 11.5 Å². The quantitative estimate of drug-likeness (QED) is 0.296. The molecule has 4 N–H and O–H groups in total. The summed E-state index contributed by atoms with van der Waals surface area (Å²) in [5.41, 5.74) is 5.10. The van der Waals surface area contributed by atoms with E-state index in [1.807, 2.05) is 11.8 Å². The highest BCUT2D eigenvalue weighted by Gasteiger charge is 2.24. The van der Waals surface area contributed by atoms with Crippen molar-refractivity contribution in [3.63, 3.8) is 0 Å². The van der Waals surface area contributed by atoms with Gasteiger partial charge in [-0.3, -0.25) is 30.2 Å². The normalized spacial score (nSPS) is 14.5. The summed E-state index contributed by atoms with van der Waals surface area (Å²) in [6, 6.07) is 4.64. The molecule has 14 heteroatoms. The first-order valence-electron chi connectivity index (χ1n) is 10.3. The number of hydrogen-bond donors (Lipinski definition) is 4. The summed E-state index contributed by atoms with van der Waals surface area (Å²) < 4.78 is 24.6. The van der Waals surface area contributed by atoms with Gasteiger partial charge in [0.15, 0.2) is 0 Å². The number of sulfonamides is 1. The minimum atomic E-state index is -3.22. The molecule has 1 saturated heterocycles. The second kappa shape index (κ2) is 10.4. The van der Waals surface area contributed by atoms with Gasteiger partial charge in [0.1, 0.15) is 5.82 Å². The zero-order valence-electron chi connectivity index (χ0n) is 18.3. The average Bonchev–Trinajstić information content (AvgIpc) is 2.77. The second-order valence-electron chi connectivity index (χ2n) is 7.42. The van der Waals surface area contributed by atoms with Gasteiger partial charge in [0.2, 0.25) is 16.0 Å². The largest absolute Gasteiger partial charge is 0.354 e. The monoisotopic (exact) mass is 478 g/mol. The van der Waals surface area contributed by atoms with E-state index in [0.717, 1.165) is 6.42 Å². The van der Waals surface area contributed by atoms with E-state index >= 15 is 0 Å². The van der Waals surface area contributed by atoms with E-state index in [1.165, 1.54) is 22.8 Å². The van der Waals surface area contributed by atoms with E-state index in [4.69, 9.17) is 0 Å². The van der Waals surface area contributed by atoms with E-state index < -0.39 is 21.8 Å². The van der Waals surface area contributed by atoms with Crippen LogP contribution in [0, 0.1) is 0 Å². The maximum Gasteiger partial charge on any atom is 0.328 e. The molecule has 1 fully saturated rings. The molecule has 0 radical (unpaired) electrons. The molecule has 0 aromatic carbocycles.